The van der Waals surface area contributed by atoms with E-state index in [-0.39, 0.29) is 11.5 Å². The van der Waals surface area contributed by atoms with E-state index >= 15 is 0 Å². The summed E-state index contributed by atoms with van der Waals surface area (Å²) in [5.41, 5.74) is 2.28. The van der Waals surface area contributed by atoms with Crippen LogP contribution in [0.4, 0.5) is 5.95 Å². The molecule has 1 N–H and O–H groups in total. The highest BCUT2D eigenvalue weighted by Crippen LogP contribution is 2.42. The lowest BCUT2D eigenvalue weighted by Crippen LogP contribution is -2.66. The van der Waals surface area contributed by atoms with Gasteiger partial charge in [0.2, 0.25) is 11.9 Å². The van der Waals surface area contributed by atoms with Gasteiger partial charge in [0.05, 0.1) is 13.1 Å². The van der Waals surface area contributed by atoms with Gasteiger partial charge in [0.15, 0.2) is 0 Å². The fraction of sp³-hybridized carbons (Fsp3) is 0.667. The van der Waals surface area contributed by atoms with Crippen LogP contribution in [0.2, 0.25) is 0 Å². The Morgan fingerprint density at radius 2 is 2.15 bits per heavy atom. The van der Waals surface area contributed by atoms with Gasteiger partial charge in [-0.3, -0.25) is 4.79 Å². The molecule has 0 radical (unpaired) electrons. The van der Waals surface area contributed by atoms with Crippen molar-refractivity contribution >= 4 is 11.9 Å². The number of allylic oxidation sites excluding steroid dienone is 1. The monoisotopic (exact) mass is 370 g/mol. The van der Waals surface area contributed by atoms with Crippen LogP contribution in [0.3, 0.4) is 0 Å². The van der Waals surface area contributed by atoms with Crippen molar-refractivity contribution in [2.45, 2.75) is 57.5 Å². The lowest BCUT2D eigenvalue weighted by atomic mass is 9.78. The second-order valence-corrected chi connectivity index (χ2v) is 8.23. The first kappa shape index (κ1) is 18.4. The van der Waals surface area contributed by atoms with Crippen molar-refractivity contribution in [2.75, 3.05) is 31.6 Å². The van der Waals surface area contributed by atoms with Gasteiger partial charge in [-0.25, -0.2) is 9.97 Å². The minimum absolute atomic E-state index is 0.119. The summed E-state index contributed by atoms with van der Waals surface area (Å²) in [5.74, 6) is 1.45. The van der Waals surface area contributed by atoms with Crippen LogP contribution in [0.25, 0.3) is 0 Å². The Hall–Kier alpha value is -1.95. The molecule has 6 nitrogen and oxygen atoms in total. The summed E-state index contributed by atoms with van der Waals surface area (Å²) < 4.78 is 6.11. The van der Waals surface area contributed by atoms with Crippen molar-refractivity contribution in [2.24, 2.45) is 5.92 Å². The summed E-state index contributed by atoms with van der Waals surface area (Å²) in [6, 6.07) is 0. The van der Waals surface area contributed by atoms with Crippen LogP contribution in [0.5, 0.6) is 0 Å². The Balaban J connectivity index is 1.24. The van der Waals surface area contributed by atoms with E-state index in [2.05, 4.69) is 21.4 Å². The highest BCUT2D eigenvalue weighted by atomic mass is 16.5. The molecule has 1 aromatic heterocycles. The van der Waals surface area contributed by atoms with Crippen LogP contribution in [0.15, 0.2) is 24.0 Å². The van der Waals surface area contributed by atoms with Crippen molar-refractivity contribution in [1.29, 1.82) is 0 Å². The first-order valence-corrected chi connectivity index (χ1v) is 10.3. The third-order valence-corrected chi connectivity index (χ3v) is 6.19. The normalized spacial score (nSPS) is 23.8. The van der Waals surface area contributed by atoms with Crippen molar-refractivity contribution in [3.8, 4) is 0 Å². The number of carbonyl (C=O) groups excluding carboxylic acids is 1. The van der Waals surface area contributed by atoms with E-state index in [9.17, 15) is 4.79 Å². The quantitative estimate of drug-likeness (QED) is 0.780. The highest BCUT2D eigenvalue weighted by Gasteiger charge is 2.53. The minimum atomic E-state index is -0.119. The van der Waals surface area contributed by atoms with Crippen molar-refractivity contribution in [1.82, 2.24) is 14.9 Å². The maximum Gasteiger partial charge on any atom is 0.226 e. The Labute approximate surface area is 161 Å². The molecule has 4 rings (SSSR count). The van der Waals surface area contributed by atoms with E-state index in [1.807, 2.05) is 24.2 Å². The number of likely N-dealkylation sites (tertiary alicyclic amines) is 1. The molecule has 2 fully saturated rings. The molecular formula is C21H30N4O2. The average molecular weight is 370 g/mol. The van der Waals surface area contributed by atoms with E-state index in [0.29, 0.717) is 18.3 Å². The molecule has 1 aromatic rings. The molecule has 0 saturated carbocycles. The molecular weight excluding hydrogens is 340 g/mol. The van der Waals surface area contributed by atoms with Crippen LogP contribution >= 0.6 is 0 Å². The van der Waals surface area contributed by atoms with E-state index in [1.165, 1.54) is 18.4 Å². The van der Waals surface area contributed by atoms with Gasteiger partial charge in [0.1, 0.15) is 5.60 Å². The second-order valence-electron chi connectivity index (χ2n) is 8.23. The molecule has 6 heteroatoms. The van der Waals surface area contributed by atoms with Crippen molar-refractivity contribution < 1.29 is 9.53 Å². The van der Waals surface area contributed by atoms with Crippen LogP contribution in [0.1, 0.15) is 50.5 Å². The van der Waals surface area contributed by atoms with Gasteiger partial charge in [-0.15, -0.1) is 0 Å². The number of nitrogens with one attached hydrogen (secondary N) is 1. The Bertz CT molecular complexity index is 695. The lowest BCUT2D eigenvalue weighted by molar-refractivity contribution is -0.164. The number of hydrogen-bond acceptors (Lipinski definition) is 5. The molecule has 1 atom stereocenters. The molecule has 2 aliphatic heterocycles. The summed E-state index contributed by atoms with van der Waals surface area (Å²) in [6.45, 7) is 5.13. The van der Waals surface area contributed by atoms with Gasteiger partial charge in [0, 0.05) is 32.0 Å². The number of hydrogen-bond donors (Lipinski definition) is 1. The summed E-state index contributed by atoms with van der Waals surface area (Å²) in [5, 5.41) is 3.31. The Morgan fingerprint density at radius 1 is 1.33 bits per heavy atom. The highest BCUT2D eigenvalue weighted by molar-refractivity contribution is 5.80. The zero-order valence-electron chi connectivity index (χ0n) is 16.2. The predicted molar refractivity (Wildman–Crippen MR) is 104 cm³/mol. The number of nitrogens with zero attached hydrogens (tertiary/aromatic N) is 3. The minimum Gasteiger partial charge on any atom is -0.371 e. The number of rotatable bonds is 6. The van der Waals surface area contributed by atoms with E-state index < -0.39 is 0 Å². The fourth-order valence-electron chi connectivity index (χ4n) is 4.53. The lowest BCUT2D eigenvalue weighted by Gasteiger charge is -2.50. The summed E-state index contributed by atoms with van der Waals surface area (Å²) >= 11 is 0. The molecule has 3 heterocycles. The number of carbonyl (C=O) groups is 1. The number of amides is 1. The first-order chi connectivity index (χ1) is 13.1. The summed E-state index contributed by atoms with van der Waals surface area (Å²) in [7, 11) is 0. The second kappa shape index (κ2) is 7.97. The zero-order chi connectivity index (χ0) is 18.7. The Kier molecular flexibility index (Phi) is 5.43. The molecule has 1 amide bonds. The van der Waals surface area contributed by atoms with Gasteiger partial charge < -0.3 is 15.0 Å². The van der Waals surface area contributed by atoms with Crippen molar-refractivity contribution in [3.63, 3.8) is 0 Å². The fourth-order valence-corrected chi connectivity index (χ4v) is 4.53. The van der Waals surface area contributed by atoms with Gasteiger partial charge in [0.25, 0.3) is 0 Å². The van der Waals surface area contributed by atoms with E-state index in [1.54, 1.807) is 0 Å². The zero-order valence-corrected chi connectivity index (χ0v) is 16.2. The van der Waals surface area contributed by atoms with Crippen molar-refractivity contribution in [3.05, 3.63) is 29.6 Å². The number of ether oxygens (including phenoxy) is 1. The molecule has 27 heavy (non-hydrogen) atoms. The van der Waals surface area contributed by atoms with Gasteiger partial charge in [-0.2, -0.15) is 0 Å². The number of aromatic nitrogens is 2. The molecule has 1 aliphatic carbocycles. The topological polar surface area (TPSA) is 67.4 Å². The third-order valence-electron chi connectivity index (χ3n) is 6.19. The first-order valence-electron chi connectivity index (χ1n) is 10.3. The third kappa shape index (κ3) is 4.15. The molecule has 2 saturated heterocycles. The average Bonchev–Trinajstić information content (AvgIpc) is 3.07. The number of aryl methyl sites for hydroxylation is 1. The predicted octanol–water partition coefficient (Wildman–Crippen LogP) is 3.10. The summed E-state index contributed by atoms with van der Waals surface area (Å²) in [6.07, 6.45) is 13.3. The van der Waals surface area contributed by atoms with Crippen LogP contribution in [-0.4, -0.2) is 52.6 Å². The standard InChI is InChI=1S/C21H30N4O2/c1-16-12-23-20(24-13-16)22-9-7-18-8-10-27-21(18)14-25(15-21)19(26)11-17-5-3-2-4-6-17/h5,12-13,18H,2-4,6-11,14-15H2,1H3,(H,22,23,24). The van der Waals surface area contributed by atoms with Crippen LogP contribution in [-0.2, 0) is 9.53 Å². The molecule has 146 valence electrons. The van der Waals surface area contributed by atoms with E-state index in [4.69, 9.17) is 4.74 Å². The SMILES string of the molecule is Cc1cnc(NCCC2CCOC23CN(C(=O)CC2=CCCCC2)C3)nc1. The number of anilines is 1. The largest absolute Gasteiger partial charge is 0.371 e. The molecule has 0 aromatic carbocycles. The maximum atomic E-state index is 12.6. The van der Waals surface area contributed by atoms with Crippen LogP contribution in [0, 0.1) is 12.8 Å². The van der Waals surface area contributed by atoms with E-state index in [0.717, 1.165) is 57.5 Å². The van der Waals surface area contributed by atoms with Gasteiger partial charge >= 0.3 is 0 Å². The smallest absolute Gasteiger partial charge is 0.226 e. The van der Waals surface area contributed by atoms with Crippen LogP contribution < -0.4 is 5.32 Å². The Morgan fingerprint density at radius 3 is 2.89 bits per heavy atom. The molecule has 1 unspecified atom stereocenters. The maximum absolute atomic E-state index is 12.6. The molecule has 1 spiro atoms. The molecule has 0 bridgehead atoms. The van der Waals surface area contributed by atoms with Gasteiger partial charge in [-0.05, 0) is 56.9 Å². The van der Waals surface area contributed by atoms with Gasteiger partial charge in [-0.1, -0.05) is 11.6 Å². The summed E-state index contributed by atoms with van der Waals surface area (Å²) in [4.78, 5) is 23.1. The molecule has 3 aliphatic rings.